The molecule has 0 aliphatic carbocycles. The molecule has 0 radical (unpaired) electrons. The van der Waals surface area contributed by atoms with E-state index in [9.17, 15) is 5.11 Å². The van der Waals surface area contributed by atoms with Crippen molar-refractivity contribution in [1.29, 1.82) is 0 Å². The minimum atomic E-state index is 0.187. The lowest BCUT2D eigenvalue weighted by Crippen LogP contribution is -2.00. The highest BCUT2D eigenvalue weighted by Gasteiger charge is 2.24. The minimum Gasteiger partial charge on any atom is -0.508 e. The summed E-state index contributed by atoms with van der Waals surface area (Å²) in [5.41, 5.74) is 4.37. The summed E-state index contributed by atoms with van der Waals surface area (Å²) in [6, 6.07) is 14.5. The molecule has 174 valence electrons. The van der Waals surface area contributed by atoms with Crippen LogP contribution in [0.25, 0.3) is 22.3 Å². The van der Waals surface area contributed by atoms with Crippen LogP contribution >= 0.6 is 0 Å². The van der Waals surface area contributed by atoms with Gasteiger partial charge in [-0.15, -0.1) is 0 Å². The van der Waals surface area contributed by atoms with E-state index in [1.807, 2.05) is 56.3 Å². The number of hydrogen-bond acceptors (Lipinski definition) is 6. The van der Waals surface area contributed by atoms with Crippen molar-refractivity contribution in [2.24, 2.45) is 0 Å². The average molecular weight is 451 g/mol. The van der Waals surface area contributed by atoms with E-state index < -0.39 is 0 Å². The van der Waals surface area contributed by atoms with E-state index in [0.717, 1.165) is 22.3 Å². The zero-order valence-corrected chi connectivity index (χ0v) is 19.9. The SMILES string of the molecule is COc1cc(-c2c(OC)cc(-c3ccc(O)cc3)c(OC)c2OC)ccc1OCC=C(C)C. The summed E-state index contributed by atoms with van der Waals surface area (Å²) in [5, 5.41) is 9.67. The second-order valence-electron chi connectivity index (χ2n) is 7.57. The first kappa shape index (κ1) is 23.9. The molecule has 33 heavy (non-hydrogen) atoms. The molecule has 1 N–H and O–H groups in total. The summed E-state index contributed by atoms with van der Waals surface area (Å²) < 4.78 is 28.8. The molecular formula is C27H30O6. The number of aromatic hydroxyl groups is 1. The van der Waals surface area contributed by atoms with Gasteiger partial charge in [-0.1, -0.05) is 23.8 Å². The summed E-state index contributed by atoms with van der Waals surface area (Å²) in [5.74, 6) is 3.12. The number of allylic oxidation sites excluding steroid dienone is 1. The van der Waals surface area contributed by atoms with E-state index in [-0.39, 0.29) is 5.75 Å². The van der Waals surface area contributed by atoms with Gasteiger partial charge >= 0.3 is 0 Å². The van der Waals surface area contributed by atoms with E-state index in [1.165, 1.54) is 5.57 Å². The van der Waals surface area contributed by atoms with Gasteiger partial charge in [0.1, 0.15) is 18.1 Å². The number of hydrogen-bond donors (Lipinski definition) is 1. The molecule has 0 fully saturated rings. The fourth-order valence-electron chi connectivity index (χ4n) is 3.54. The Hall–Kier alpha value is -3.80. The summed E-state index contributed by atoms with van der Waals surface area (Å²) >= 11 is 0. The molecule has 0 aliphatic heterocycles. The highest BCUT2D eigenvalue weighted by Crippen LogP contribution is 2.51. The van der Waals surface area contributed by atoms with E-state index in [0.29, 0.717) is 35.4 Å². The van der Waals surface area contributed by atoms with Crippen LogP contribution in [0.4, 0.5) is 0 Å². The molecule has 0 aromatic heterocycles. The summed E-state index contributed by atoms with van der Waals surface area (Å²) in [4.78, 5) is 0. The van der Waals surface area contributed by atoms with Crippen LogP contribution in [0, 0.1) is 0 Å². The van der Waals surface area contributed by atoms with Crippen molar-refractivity contribution in [2.75, 3.05) is 35.0 Å². The van der Waals surface area contributed by atoms with Crippen molar-refractivity contribution in [3.05, 3.63) is 60.2 Å². The van der Waals surface area contributed by atoms with Gasteiger partial charge in [-0.2, -0.15) is 0 Å². The Morgan fingerprint density at radius 3 is 1.94 bits per heavy atom. The zero-order chi connectivity index (χ0) is 24.0. The zero-order valence-electron chi connectivity index (χ0n) is 19.9. The number of methoxy groups -OCH3 is 4. The van der Waals surface area contributed by atoms with E-state index in [1.54, 1.807) is 40.6 Å². The maximum absolute atomic E-state index is 9.67. The first-order valence-electron chi connectivity index (χ1n) is 10.5. The Morgan fingerprint density at radius 2 is 1.36 bits per heavy atom. The second-order valence-corrected chi connectivity index (χ2v) is 7.57. The molecule has 6 nitrogen and oxygen atoms in total. The second kappa shape index (κ2) is 10.7. The Labute approximate surface area is 195 Å². The molecule has 6 heteroatoms. The summed E-state index contributed by atoms with van der Waals surface area (Å²) in [6.45, 7) is 4.51. The Bertz CT molecular complexity index is 1130. The number of phenols is 1. The molecule has 3 aromatic rings. The fourth-order valence-corrected chi connectivity index (χ4v) is 3.54. The molecule has 0 bridgehead atoms. The predicted octanol–water partition coefficient (Wildman–Crippen LogP) is 6.11. The van der Waals surface area contributed by atoms with Crippen molar-refractivity contribution in [2.45, 2.75) is 13.8 Å². The van der Waals surface area contributed by atoms with Crippen LogP contribution < -0.4 is 23.7 Å². The number of phenolic OH excluding ortho intramolecular Hbond substituents is 1. The standard InChI is InChI=1S/C27H30O6/c1-17(2)13-14-33-22-12-9-19(15-23(22)29-3)25-24(30-4)16-21(26(31-5)27(25)32-6)18-7-10-20(28)11-8-18/h7-13,15-16,28H,14H2,1-6H3. The van der Waals surface area contributed by atoms with Gasteiger partial charge in [0.25, 0.3) is 0 Å². The quantitative estimate of drug-likeness (QED) is 0.397. The van der Waals surface area contributed by atoms with Gasteiger partial charge in [0.05, 0.1) is 34.0 Å². The number of benzene rings is 3. The molecule has 0 amide bonds. The molecule has 0 saturated heterocycles. The first-order valence-corrected chi connectivity index (χ1v) is 10.5. The van der Waals surface area contributed by atoms with Crippen LogP contribution in [0.2, 0.25) is 0 Å². The minimum absolute atomic E-state index is 0.187. The lowest BCUT2D eigenvalue weighted by atomic mass is 9.96. The highest BCUT2D eigenvalue weighted by molar-refractivity contribution is 5.88. The monoisotopic (exact) mass is 450 g/mol. The van der Waals surface area contributed by atoms with Crippen LogP contribution in [0.5, 0.6) is 34.5 Å². The van der Waals surface area contributed by atoms with Crippen molar-refractivity contribution in [3.8, 4) is 56.8 Å². The van der Waals surface area contributed by atoms with Gasteiger partial charge in [0.2, 0.25) is 0 Å². The smallest absolute Gasteiger partial charge is 0.172 e. The highest BCUT2D eigenvalue weighted by atomic mass is 16.5. The molecular weight excluding hydrogens is 420 g/mol. The molecule has 3 aromatic carbocycles. The normalized spacial score (nSPS) is 10.4. The van der Waals surface area contributed by atoms with Gasteiger partial charge in [-0.3, -0.25) is 0 Å². The molecule has 3 rings (SSSR count). The predicted molar refractivity (Wildman–Crippen MR) is 130 cm³/mol. The third-order valence-corrected chi connectivity index (χ3v) is 5.19. The van der Waals surface area contributed by atoms with Gasteiger partial charge in [0.15, 0.2) is 23.0 Å². The van der Waals surface area contributed by atoms with Crippen LogP contribution in [-0.2, 0) is 0 Å². The van der Waals surface area contributed by atoms with E-state index in [2.05, 4.69) is 0 Å². The number of rotatable bonds is 9. The molecule has 0 unspecified atom stereocenters. The first-order chi connectivity index (χ1) is 15.9. The van der Waals surface area contributed by atoms with Crippen LogP contribution in [0.3, 0.4) is 0 Å². The van der Waals surface area contributed by atoms with Crippen LogP contribution in [0.15, 0.2) is 60.2 Å². The summed E-state index contributed by atoms with van der Waals surface area (Å²) in [7, 11) is 6.41. The Kier molecular flexibility index (Phi) is 7.72. The van der Waals surface area contributed by atoms with Crippen molar-refractivity contribution in [3.63, 3.8) is 0 Å². The molecule has 0 aliphatic rings. The third-order valence-electron chi connectivity index (χ3n) is 5.19. The van der Waals surface area contributed by atoms with Crippen molar-refractivity contribution >= 4 is 0 Å². The Morgan fingerprint density at radius 1 is 0.727 bits per heavy atom. The van der Waals surface area contributed by atoms with Crippen molar-refractivity contribution < 1.29 is 28.8 Å². The van der Waals surface area contributed by atoms with Crippen LogP contribution in [-0.4, -0.2) is 40.2 Å². The Balaban J connectivity index is 2.16. The topological polar surface area (TPSA) is 66.4 Å². The lowest BCUT2D eigenvalue weighted by molar-refractivity contribution is 0.326. The number of ether oxygens (including phenoxy) is 5. The third kappa shape index (κ3) is 5.17. The molecule has 0 spiro atoms. The maximum Gasteiger partial charge on any atom is 0.172 e. The summed E-state index contributed by atoms with van der Waals surface area (Å²) in [6.07, 6.45) is 2.01. The van der Waals surface area contributed by atoms with Gasteiger partial charge < -0.3 is 28.8 Å². The largest absolute Gasteiger partial charge is 0.508 e. The molecule has 0 atom stereocenters. The van der Waals surface area contributed by atoms with E-state index in [4.69, 9.17) is 23.7 Å². The maximum atomic E-state index is 9.67. The van der Waals surface area contributed by atoms with Crippen LogP contribution in [0.1, 0.15) is 13.8 Å². The fraction of sp³-hybridized carbons (Fsp3) is 0.259. The van der Waals surface area contributed by atoms with E-state index >= 15 is 0 Å². The average Bonchev–Trinajstić information content (AvgIpc) is 2.83. The molecule has 0 saturated carbocycles. The van der Waals surface area contributed by atoms with Gasteiger partial charge in [-0.05, 0) is 61.4 Å². The van der Waals surface area contributed by atoms with Crippen molar-refractivity contribution in [1.82, 2.24) is 0 Å². The van der Waals surface area contributed by atoms with Gasteiger partial charge in [-0.25, -0.2) is 0 Å². The molecule has 0 heterocycles. The lowest BCUT2D eigenvalue weighted by Gasteiger charge is -2.21. The van der Waals surface area contributed by atoms with Gasteiger partial charge in [0, 0.05) is 5.56 Å².